The van der Waals surface area contributed by atoms with Crippen LogP contribution >= 0.6 is 0 Å². The fraction of sp³-hybridized carbons (Fsp3) is 0.417. The van der Waals surface area contributed by atoms with Crippen LogP contribution in [0.2, 0.25) is 0 Å². The second kappa shape index (κ2) is 9.70. The number of aliphatic hydroxyl groups is 1. The van der Waals surface area contributed by atoms with E-state index in [0.29, 0.717) is 25.9 Å². The van der Waals surface area contributed by atoms with Crippen LogP contribution in [0.4, 0.5) is 0 Å². The predicted octanol–water partition coefficient (Wildman–Crippen LogP) is 3.50. The monoisotopic (exact) mass is 395 g/mol. The summed E-state index contributed by atoms with van der Waals surface area (Å²) in [5.74, 6) is -0.200. The number of hydrogen-bond acceptors (Lipinski definition) is 4. The minimum Gasteiger partial charge on any atom is -0.469 e. The maximum Gasteiger partial charge on any atom is 0.305 e. The summed E-state index contributed by atoms with van der Waals surface area (Å²) in [6, 6.07) is 19.6. The maximum absolute atomic E-state index is 12.5. The molecule has 3 rings (SSSR count). The number of piperidine rings is 1. The van der Waals surface area contributed by atoms with Crippen LogP contribution in [-0.4, -0.2) is 42.1 Å². The van der Waals surface area contributed by atoms with Crippen molar-refractivity contribution in [1.82, 2.24) is 4.90 Å². The van der Waals surface area contributed by atoms with Gasteiger partial charge in [0.1, 0.15) is 5.60 Å². The number of amides is 1. The summed E-state index contributed by atoms with van der Waals surface area (Å²) in [6.07, 6.45) is 2.57. The van der Waals surface area contributed by atoms with Crippen molar-refractivity contribution in [3.63, 3.8) is 0 Å². The fourth-order valence-electron chi connectivity index (χ4n) is 4.21. The lowest BCUT2D eigenvalue weighted by molar-refractivity contribution is -0.141. The van der Waals surface area contributed by atoms with Crippen LogP contribution in [0.5, 0.6) is 0 Å². The molecule has 29 heavy (non-hydrogen) atoms. The Labute approximate surface area is 172 Å². The van der Waals surface area contributed by atoms with Gasteiger partial charge in [-0.25, -0.2) is 0 Å². The van der Waals surface area contributed by atoms with Crippen LogP contribution in [0, 0.1) is 5.92 Å². The topological polar surface area (TPSA) is 66.8 Å². The van der Waals surface area contributed by atoms with E-state index in [1.165, 1.54) is 7.11 Å². The van der Waals surface area contributed by atoms with E-state index in [1.807, 2.05) is 65.6 Å². The molecule has 1 saturated heterocycles. The summed E-state index contributed by atoms with van der Waals surface area (Å²) in [5.41, 5.74) is 0.686. The van der Waals surface area contributed by atoms with Gasteiger partial charge in [0.2, 0.25) is 5.91 Å². The van der Waals surface area contributed by atoms with E-state index >= 15 is 0 Å². The molecule has 154 valence electrons. The van der Waals surface area contributed by atoms with Crippen molar-refractivity contribution in [2.45, 2.75) is 37.7 Å². The first kappa shape index (κ1) is 21.1. The number of hydrogen-bond donors (Lipinski definition) is 1. The van der Waals surface area contributed by atoms with Gasteiger partial charge in [0.25, 0.3) is 0 Å². The first-order valence-corrected chi connectivity index (χ1v) is 10.2. The number of nitrogens with zero attached hydrogens (tertiary/aromatic N) is 1. The minimum absolute atomic E-state index is 0.0198. The molecular weight excluding hydrogens is 366 g/mol. The number of likely N-dealkylation sites (tertiary alicyclic amines) is 1. The third kappa shape index (κ3) is 4.85. The molecule has 1 N–H and O–H groups in total. The molecule has 0 aliphatic carbocycles. The molecular formula is C24H29NO4. The van der Waals surface area contributed by atoms with Gasteiger partial charge >= 0.3 is 5.97 Å². The van der Waals surface area contributed by atoms with Gasteiger partial charge in [-0.15, -0.1) is 0 Å². The van der Waals surface area contributed by atoms with Crippen molar-refractivity contribution in [1.29, 1.82) is 0 Å². The fourth-order valence-corrected chi connectivity index (χ4v) is 4.21. The Hall–Kier alpha value is -2.66. The Morgan fingerprint density at radius 3 is 1.97 bits per heavy atom. The summed E-state index contributed by atoms with van der Waals surface area (Å²) in [4.78, 5) is 25.5. The molecule has 2 aromatic rings. The molecule has 0 aromatic heterocycles. The third-order valence-corrected chi connectivity index (χ3v) is 5.87. The zero-order chi connectivity index (χ0) is 20.7. The molecule has 1 aliphatic heterocycles. The number of carbonyl (C=O) groups excluding carboxylic acids is 2. The molecule has 1 fully saturated rings. The smallest absolute Gasteiger partial charge is 0.305 e. The lowest BCUT2D eigenvalue weighted by Gasteiger charge is -2.42. The van der Waals surface area contributed by atoms with Gasteiger partial charge in [0, 0.05) is 25.9 Å². The molecule has 0 saturated carbocycles. The zero-order valence-corrected chi connectivity index (χ0v) is 16.9. The minimum atomic E-state index is -1.08. The summed E-state index contributed by atoms with van der Waals surface area (Å²) in [7, 11) is 1.36. The van der Waals surface area contributed by atoms with E-state index < -0.39 is 5.60 Å². The summed E-state index contributed by atoms with van der Waals surface area (Å²) in [5, 5.41) is 11.9. The van der Waals surface area contributed by atoms with Crippen molar-refractivity contribution >= 4 is 11.9 Å². The van der Waals surface area contributed by atoms with Gasteiger partial charge in [-0.2, -0.15) is 0 Å². The van der Waals surface area contributed by atoms with Crippen molar-refractivity contribution in [3.8, 4) is 0 Å². The largest absolute Gasteiger partial charge is 0.469 e. The van der Waals surface area contributed by atoms with E-state index in [4.69, 9.17) is 0 Å². The molecule has 5 nitrogen and oxygen atoms in total. The quantitative estimate of drug-likeness (QED) is 0.729. The first-order valence-electron chi connectivity index (χ1n) is 10.2. The molecule has 1 amide bonds. The van der Waals surface area contributed by atoms with Gasteiger partial charge in [-0.1, -0.05) is 60.7 Å². The highest BCUT2D eigenvalue weighted by Gasteiger charge is 2.41. The zero-order valence-electron chi connectivity index (χ0n) is 16.9. The van der Waals surface area contributed by atoms with E-state index in [2.05, 4.69) is 4.74 Å². The van der Waals surface area contributed by atoms with E-state index in [9.17, 15) is 14.7 Å². The molecule has 0 unspecified atom stereocenters. The average Bonchev–Trinajstić information content (AvgIpc) is 2.79. The Kier molecular flexibility index (Phi) is 7.04. The summed E-state index contributed by atoms with van der Waals surface area (Å²) in [6.45, 7) is 1.23. The summed E-state index contributed by atoms with van der Waals surface area (Å²) < 4.78 is 4.62. The van der Waals surface area contributed by atoms with Crippen LogP contribution in [0.25, 0.3) is 0 Å². The normalized spacial score (nSPS) is 15.2. The van der Waals surface area contributed by atoms with Crippen LogP contribution in [-0.2, 0) is 19.9 Å². The van der Waals surface area contributed by atoms with Crippen molar-refractivity contribution in [2.75, 3.05) is 20.2 Å². The Morgan fingerprint density at radius 2 is 1.48 bits per heavy atom. The van der Waals surface area contributed by atoms with Gasteiger partial charge in [0.05, 0.1) is 7.11 Å². The number of ether oxygens (including phenoxy) is 1. The number of carbonyl (C=O) groups is 2. The van der Waals surface area contributed by atoms with Crippen LogP contribution in [0.15, 0.2) is 60.7 Å². The molecule has 0 radical (unpaired) electrons. The van der Waals surface area contributed by atoms with Gasteiger partial charge in [-0.3, -0.25) is 9.59 Å². The standard InChI is InChI=1S/C24H29NO4/c1-29-23(27)14-8-13-22(26)25-17-15-21(16-18-25)24(28,19-9-4-2-5-10-19)20-11-6-3-7-12-20/h2-7,9-12,21,28H,8,13-18H2,1H3. The highest BCUT2D eigenvalue weighted by atomic mass is 16.5. The van der Waals surface area contributed by atoms with Gasteiger partial charge in [0.15, 0.2) is 0 Å². The molecule has 0 bridgehead atoms. The van der Waals surface area contributed by atoms with Crippen molar-refractivity contribution in [2.24, 2.45) is 5.92 Å². The number of esters is 1. The van der Waals surface area contributed by atoms with E-state index in [1.54, 1.807) is 0 Å². The second-order valence-electron chi connectivity index (χ2n) is 7.58. The highest BCUT2D eigenvalue weighted by Crippen LogP contribution is 2.41. The van der Waals surface area contributed by atoms with E-state index in [-0.39, 0.29) is 24.2 Å². The Balaban J connectivity index is 1.68. The lowest BCUT2D eigenvalue weighted by Crippen LogP contribution is -2.46. The number of methoxy groups -OCH3 is 1. The molecule has 0 atom stereocenters. The maximum atomic E-state index is 12.5. The Bertz CT molecular complexity index is 759. The average molecular weight is 395 g/mol. The van der Waals surface area contributed by atoms with Crippen LogP contribution in [0.3, 0.4) is 0 Å². The number of benzene rings is 2. The van der Waals surface area contributed by atoms with Crippen LogP contribution < -0.4 is 0 Å². The van der Waals surface area contributed by atoms with Gasteiger partial charge < -0.3 is 14.7 Å². The molecule has 2 aromatic carbocycles. The molecule has 1 aliphatic rings. The lowest BCUT2D eigenvalue weighted by atomic mass is 9.72. The summed E-state index contributed by atoms with van der Waals surface area (Å²) >= 11 is 0. The van der Waals surface area contributed by atoms with Crippen molar-refractivity contribution in [3.05, 3.63) is 71.8 Å². The third-order valence-electron chi connectivity index (χ3n) is 5.87. The predicted molar refractivity (Wildman–Crippen MR) is 111 cm³/mol. The highest BCUT2D eigenvalue weighted by molar-refractivity contribution is 5.77. The second-order valence-corrected chi connectivity index (χ2v) is 7.58. The molecule has 1 heterocycles. The number of rotatable bonds is 7. The molecule has 0 spiro atoms. The van der Waals surface area contributed by atoms with E-state index in [0.717, 1.165) is 24.0 Å². The Morgan fingerprint density at radius 1 is 0.966 bits per heavy atom. The van der Waals surface area contributed by atoms with Crippen LogP contribution in [0.1, 0.15) is 43.2 Å². The van der Waals surface area contributed by atoms with Gasteiger partial charge in [-0.05, 0) is 36.3 Å². The van der Waals surface area contributed by atoms with Crippen molar-refractivity contribution < 1.29 is 19.4 Å². The molecule has 5 heteroatoms. The SMILES string of the molecule is COC(=O)CCCC(=O)N1CCC(C(O)(c2ccccc2)c2ccccc2)CC1. The first-order chi connectivity index (χ1) is 14.1.